The van der Waals surface area contributed by atoms with Gasteiger partial charge in [-0.3, -0.25) is 0 Å². The van der Waals surface area contributed by atoms with Gasteiger partial charge in [0.2, 0.25) is 5.28 Å². The van der Waals surface area contributed by atoms with Gasteiger partial charge in [-0.25, -0.2) is 9.97 Å². The van der Waals surface area contributed by atoms with Crippen molar-refractivity contribution in [3.8, 4) is 0 Å². The molecule has 0 spiro atoms. The van der Waals surface area contributed by atoms with E-state index in [0.717, 1.165) is 22.1 Å². The molecule has 0 saturated heterocycles. The van der Waals surface area contributed by atoms with Gasteiger partial charge in [0.25, 0.3) is 0 Å². The zero-order chi connectivity index (χ0) is 10.7. The molecule has 2 heterocycles. The van der Waals surface area contributed by atoms with Crippen molar-refractivity contribution < 1.29 is 4.42 Å². The fourth-order valence-corrected chi connectivity index (χ4v) is 2.17. The van der Waals surface area contributed by atoms with Gasteiger partial charge in [-0.2, -0.15) is 0 Å². The topological polar surface area (TPSA) is 38.9 Å². The van der Waals surface area contributed by atoms with Crippen LogP contribution in [0.2, 0.25) is 5.28 Å². The van der Waals surface area contributed by atoms with Crippen LogP contribution in [0.25, 0.3) is 0 Å². The monoisotopic (exact) mass is 240 g/mol. The molecular weight excluding hydrogens is 232 g/mol. The molecule has 15 heavy (non-hydrogen) atoms. The average Bonchev–Trinajstić information content (AvgIpc) is 2.61. The molecule has 0 bridgehead atoms. The molecule has 0 unspecified atom stereocenters. The zero-order valence-electron chi connectivity index (χ0n) is 8.11. The Labute approximate surface area is 96.9 Å². The first kappa shape index (κ1) is 10.5. The summed E-state index contributed by atoms with van der Waals surface area (Å²) < 4.78 is 5.32. The first-order valence-corrected chi connectivity index (χ1v) is 5.76. The number of nitrogens with zero attached hydrogens (tertiary/aromatic N) is 2. The second-order valence-corrected chi connectivity index (χ2v) is 4.31. The SMILES string of the molecule is Cc1ccoc1CSc1ccnc(Cl)n1. The molecule has 3 nitrogen and oxygen atoms in total. The minimum atomic E-state index is 0.274. The van der Waals surface area contributed by atoms with Gasteiger partial charge < -0.3 is 4.42 Å². The van der Waals surface area contributed by atoms with E-state index in [1.165, 1.54) is 0 Å². The first-order chi connectivity index (χ1) is 7.25. The summed E-state index contributed by atoms with van der Waals surface area (Å²) in [7, 11) is 0. The molecule has 0 aliphatic carbocycles. The number of furan rings is 1. The number of aryl methyl sites for hydroxylation is 1. The van der Waals surface area contributed by atoms with Crippen molar-refractivity contribution in [2.45, 2.75) is 17.7 Å². The molecule has 78 valence electrons. The minimum Gasteiger partial charge on any atom is -0.468 e. The van der Waals surface area contributed by atoms with Crippen LogP contribution >= 0.6 is 23.4 Å². The largest absolute Gasteiger partial charge is 0.468 e. The smallest absolute Gasteiger partial charge is 0.223 e. The van der Waals surface area contributed by atoms with E-state index in [9.17, 15) is 0 Å². The van der Waals surface area contributed by atoms with Crippen LogP contribution in [0.3, 0.4) is 0 Å². The van der Waals surface area contributed by atoms with Gasteiger partial charge in [0.05, 0.1) is 12.0 Å². The second kappa shape index (κ2) is 4.68. The molecule has 0 atom stereocenters. The van der Waals surface area contributed by atoms with Gasteiger partial charge in [-0.1, -0.05) is 11.8 Å². The molecule has 0 saturated carbocycles. The maximum absolute atomic E-state index is 5.68. The van der Waals surface area contributed by atoms with Crippen LogP contribution in [0.15, 0.2) is 34.0 Å². The Morgan fingerprint density at radius 2 is 2.33 bits per heavy atom. The van der Waals surface area contributed by atoms with Crippen molar-refractivity contribution >= 4 is 23.4 Å². The normalized spacial score (nSPS) is 10.5. The highest BCUT2D eigenvalue weighted by molar-refractivity contribution is 7.98. The number of aromatic nitrogens is 2. The summed E-state index contributed by atoms with van der Waals surface area (Å²) in [5.74, 6) is 1.72. The van der Waals surface area contributed by atoms with Gasteiger partial charge >= 0.3 is 0 Å². The number of thioether (sulfide) groups is 1. The summed E-state index contributed by atoms with van der Waals surface area (Å²) in [6.45, 7) is 2.02. The minimum absolute atomic E-state index is 0.274. The van der Waals surface area contributed by atoms with Crippen molar-refractivity contribution in [3.05, 3.63) is 41.2 Å². The fraction of sp³-hybridized carbons (Fsp3) is 0.200. The fourth-order valence-electron chi connectivity index (χ4n) is 1.09. The molecule has 0 aliphatic rings. The molecule has 0 fully saturated rings. The van der Waals surface area contributed by atoms with E-state index >= 15 is 0 Å². The molecule has 0 aromatic carbocycles. The Bertz CT molecular complexity index is 458. The Kier molecular flexibility index (Phi) is 3.28. The molecule has 2 aromatic heterocycles. The Balaban J connectivity index is 2.02. The summed E-state index contributed by atoms with van der Waals surface area (Å²) in [6, 6.07) is 3.78. The van der Waals surface area contributed by atoms with E-state index in [0.29, 0.717) is 0 Å². The molecule has 0 amide bonds. The van der Waals surface area contributed by atoms with E-state index in [4.69, 9.17) is 16.0 Å². The highest BCUT2D eigenvalue weighted by atomic mass is 35.5. The lowest BCUT2D eigenvalue weighted by Crippen LogP contribution is -1.85. The molecular formula is C10H9ClN2OS. The summed E-state index contributed by atoms with van der Waals surface area (Å²) in [6.07, 6.45) is 3.34. The van der Waals surface area contributed by atoms with Crippen molar-refractivity contribution in [1.82, 2.24) is 9.97 Å². The molecule has 2 aromatic rings. The lowest BCUT2D eigenvalue weighted by Gasteiger charge is -1.99. The van der Waals surface area contributed by atoms with Crippen molar-refractivity contribution in [2.24, 2.45) is 0 Å². The Hall–Kier alpha value is -1.00. The quantitative estimate of drug-likeness (QED) is 0.469. The van der Waals surface area contributed by atoms with Gasteiger partial charge in [0.15, 0.2) is 0 Å². The highest BCUT2D eigenvalue weighted by Gasteiger charge is 2.04. The third-order valence-electron chi connectivity index (χ3n) is 1.92. The van der Waals surface area contributed by atoms with E-state index in [1.807, 2.05) is 19.1 Å². The first-order valence-electron chi connectivity index (χ1n) is 4.40. The maximum Gasteiger partial charge on any atom is 0.223 e. The molecule has 0 aliphatic heterocycles. The highest BCUT2D eigenvalue weighted by Crippen LogP contribution is 2.23. The van der Waals surface area contributed by atoms with Crippen LogP contribution < -0.4 is 0 Å². The van der Waals surface area contributed by atoms with Gasteiger partial charge in [0.1, 0.15) is 10.8 Å². The summed E-state index contributed by atoms with van der Waals surface area (Å²) in [5.41, 5.74) is 1.16. The maximum atomic E-state index is 5.68. The third-order valence-corrected chi connectivity index (χ3v) is 3.03. The standard InChI is InChI=1S/C10H9ClN2OS/c1-7-3-5-14-8(7)6-15-9-2-4-12-10(11)13-9/h2-5H,6H2,1H3. The van der Waals surface area contributed by atoms with E-state index in [1.54, 1.807) is 24.2 Å². The third kappa shape index (κ3) is 2.73. The van der Waals surface area contributed by atoms with Crippen LogP contribution in [0.5, 0.6) is 0 Å². The summed E-state index contributed by atoms with van der Waals surface area (Å²) >= 11 is 7.25. The Morgan fingerprint density at radius 3 is 3.00 bits per heavy atom. The predicted molar refractivity (Wildman–Crippen MR) is 60.0 cm³/mol. The summed E-state index contributed by atoms with van der Waals surface area (Å²) in [5, 5.41) is 1.13. The van der Waals surface area contributed by atoms with Gasteiger partial charge in [0, 0.05) is 6.20 Å². The average molecular weight is 241 g/mol. The number of halogens is 1. The van der Waals surface area contributed by atoms with Gasteiger partial charge in [-0.15, -0.1) is 0 Å². The van der Waals surface area contributed by atoms with Crippen molar-refractivity contribution in [3.63, 3.8) is 0 Å². The van der Waals surface area contributed by atoms with E-state index in [-0.39, 0.29) is 5.28 Å². The predicted octanol–water partition coefficient (Wildman–Crippen LogP) is 3.32. The summed E-state index contributed by atoms with van der Waals surface area (Å²) in [4.78, 5) is 7.90. The van der Waals surface area contributed by atoms with E-state index in [2.05, 4.69) is 9.97 Å². The van der Waals surface area contributed by atoms with Crippen LogP contribution in [-0.4, -0.2) is 9.97 Å². The number of hydrogen-bond acceptors (Lipinski definition) is 4. The van der Waals surface area contributed by atoms with E-state index < -0.39 is 0 Å². The second-order valence-electron chi connectivity index (χ2n) is 2.98. The van der Waals surface area contributed by atoms with Gasteiger partial charge in [-0.05, 0) is 36.2 Å². The molecule has 0 N–H and O–H groups in total. The van der Waals surface area contributed by atoms with Crippen LogP contribution in [0, 0.1) is 6.92 Å². The van der Waals surface area contributed by atoms with Crippen molar-refractivity contribution in [2.75, 3.05) is 0 Å². The van der Waals surface area contributed by atoms with Crippen LogP contribution in [-0.2, 0) is 5.75 Å². The molecule has 5 heteroatoms. The molecule has 2 rings (SSSR count). The molecule has 0 radical (unpaired) electrons. The zero-order valence-corrected chi connectivity index (χ0v) is 9.68. The number of hydrogen-bond donors (Lipinski definition) is 0. The number of rotatable bonds is 3. The lowest BCUT2D eigenvalue weighted by atomic mass is 10.3. The van der Waals surface area contributed by atoms with Crippen LogP contribution in [0.1, 0.15) is 11.3 Å². The van der Waals surface area contributed by atoms with Crippen LogP contribution in [0.4, 0.5) is 0 Å². The Morgan fingerprint density at radius 1 is 1.47 bits per heavy atom. The lowest BCUT2D eigenvalue weighted by molar-refractivity contribution is 0.528. The van der Waals surface area contributed by atoms with Crippen molar-refractivity contribution in [1.29, 1.82) is 0 Å².